The standard InChI is InChI=1S/C23H24ClN3O3/c1-17-5-7-18(8-6-17)16-30-21-4-2-3-19(13-21)15-25-11-12-26-23-10-9-20(27(28)29)14-22(23)24/h2-10,13-14,25-26H,11-12,15-16H2,1H3. The van der Waals surface area contributed by atoms with Gasteiger partial charge in [-0.1, -0.05) is 53.6 Å². The van der Waals surface area contributed by atoms with Crippen LogP contribution in [0.15, 0.2) is 66.7 Å². The molecule has 0 heterocycles. The van der Waals surface area contributed by atoms with Crippen molar-refractivity contribution in [2.75, 3.05) is 18.4 Å². The Balaban J connectivity index is 1.41. The minimum atomic E-state index is -0.462. The van der Waals surface area contributed by atoms with Crippen LogP contribution in [-0.4, -0.2) is 18.0 Å². The molecule has 3 aromatic rings. The van der Waals surface area contributed by atoms with Gasteiger partial charge in [0.1, 0.15) is 12.4 Å². The van der Waals surface area contributed by atoms with Gasteiger partial charge in [-0.15, -0.1) is 0 Å². The number of nitrogens with one attached hydrogen (secondary N) is 2. The van der Waals surface area contributed by atoms with E-state index in [0.29, 0.717) is 37.0 Å². The highest BCUT2D eigenvalue weighted by atomic mass is 35.5. The number of anilines is 1. The van der Waals surface area contributed by atoms with E-state index in [2.05, 4.69) is 41.8 Å². The first-order valence-electron chi connectivity index (χ1n) is 9.67. The number of rotatable bonds is 10. The first-order valence-corrected chi connectivity index (χ1v) is 10.0. The predicted octanol–water partition coefficient (Wildman–Crippen LogP) is 5.34. The largest absolute Gasteiger partial charge is 0.489 e. The summed E-state index contributed by atoms with van der Waals surface area (Å²) >= 11 is 6.08. The van der Waals surface area contributed by atoms with Gasteiger partial charge in [-0.3, -0.25) is 10.1 Å². The molecule has 7 heteroatoms. The van der Waals surface area contributed by atoms with Gasteiger partial charge in [0, 0.05) is 31.8 Å². The lowest BCUT2D eigenvalue weighted by Crippen LogP contribution is -2.21. The molecule has 0 spiro atoms. The molecule has 156 valence electrons. The maximum absolute atomic E-state index is 10.8. The first-order chi connectivity index (χ1) is 14.5. The summed E-state index contributed by atoms with van der Waals surface area (Å²) in [5, 5.41) is 17.6. The van der Waals surface area contributed by atoms with Crippen LogP contribution in [0.1, 0.15) is 16.7 Å². The van der Waals surface area contributed by atoms with Crippen LogP contribution in [0.4, 0.5) is 11.4 Å². The second-order valence-electron chi connectivity index (χ2n) is 6.95. The number of hydrogen-bond donors (Lipinski definition) is 2. The van der Waals surface area contributed by atoms with Crippen molar-refractivity contribution in [3.63, 3.8) is 0 Å². The number of nitro groups is 1. The summed E-state index contributed by atoms with van der Waals surface area (Å²) in [6.07, 6.45) is 0. The molecule has 2 N–H and O–H groups in total. The van der Waals surface area contributed by atoms with Gasteiger partial charge in [0.15, 0.2) is 0 Å². The Morgan fingerprint density at radius 1 is 1.00 bits per heavy atom. The Kier molecular flexibility index (Phi) is 7.65. The van der Waals surface area contributed by atoms with Gasteiger partial charge in [0.2, 0.25) is 0 Å². The van der Waals surface area contributed by atoms with Gasteiger partial charge in [-0.05, 0) is 36.2 Å². The maximum Gasteiger partial charge on any atom is 0.271 e. The van der Waals surface area contributed by atoms with Gasteiger partial charge in [0.05, 0.1) is 15.6 Å². The van der Waals surface area contributed by atoms with Crippen molar-refractivity contribution in [2.45, 2.75) is 20.1 Å². The highest BCUT2D eigenvalue weighted by Crippen LogP contribution is 2.26. The molecule has 0 unspecified atom stereocenters. The number of hydrogen-bond acceptors (Lipinski definition) is 5. The molecule has 0 aliphatic carbocycles. The molecule has 0 amide bonds. The second kappa shape index (κ2) is 10.6. The average molecular weight is 426 g/mol. The molecule has 3 rings (SSSR count). The molecule has 0 saturated heterocycles. The smallest absolute Gasteiger partial charge is 0.271 e. The molecular formula is C23H24ClN3O3. The molecular weight excluding hydrogens is 402 g/mol. The van der Waals surface area contributed by atoms with E-state index in [-0.39, 0.29) is 5.69 Å². The van der Waals surface area contributed by atoms with E-state index in [1.54, 1.807) is 6.07 Å². The zero-order valence-corrected chi connectivity index (χ0v) is 17.5. The molecule has 30 heavy (non-hydrogen) atoms. The van der Waals surface area contributed by atoms with E-state index in [1.165, 1.54) is 17.7 Å². The van der Waals surface area contributed by atoms with E-state index >= 15 is 0 Å². The van der Waals surface area contributed by atoms with Crippen molar-refractivity contribution >= 4 is 23.0 Å². The summed E-state index contributed by atoms with van der Waals surface area (Å²) in [5.41, 5.74) is 4.16. The second-order valence-corrected chi connectivity index (χ2v) is 7.35. The first kappa shape index (κ1) is 21.6. The summed E-state index contributed by atoms with van der Waals surface area (Å²) in [5.74, 6) is 0.839. The van der Waals surface area contributed by atoms with Crippen LogP contribution >= 0.6 is 11.6 Å². The number of nitro benzene ring substituents is 1. The zero-order valence-electron chi connectivity index (χ0n) is 16.7. The summed E-state index contributed by atoms with van der Waals surface area (Å²) in [4.78, 5) is 10.3. The van der Waals surface area contributed by atoms with Gasteiger partial charge >= 0.3 is 0 Å². The van der Waals surface area contributed by atoms with E-state index in [0.717, 1.165) is 16.9 Å². The number of nitrogens with zero attached hydrogens (tertiary/aromatic N) is 1. The molecule has 0 aromatic heterocycles. The number of aryl methyl sites for hydroxylation is 1. The Morgan fingerprint density at radius 2 is 1.80 bits per heavy atom. The van der Waals surface area contributed by atoms with E-state index in [4.69, 9.17) is 16.3 Å². The molecule has 0 aliphatic rings. The van der Waals surface area contributed by atoms with Crippen LogP contribution in [0.3, 0.4) is 0 Å². The van der Waals surface area contributed by atoms with E-state index in [1.807, 2.05) is 24.3 Å². The fourth-order valence-corrected chi connectivity index (χ4v) is 3.12. The number of non-ortho nitro benzene ring substituents is 1. The van der Waals surface area contributed by atoms with Crippen LogP contribution in [0.5, 0.6) is 5.75 Å². The Morgan fingerprint density at radius 3 is 2.53 bits per heavy atom. The van der Waals surface area contributed by atoms with Crippen molar-refractivity contribution in [3.05, 3.63) is 98.6 Å². The topological polar surface area (TPSA) is 76.4 Å². The number of halogens is 1. The Hall–Kier alpha value is -3.09. The fraction of sp³-hybridized carbons (Fsp3) is 0.217. The predicted molar refractivity (Wildman–Crippen MR) is 120 cm³/mol. The lowest BCUT2D eigenvalue weighted by molar-refractivity contribution is -0.384. The highest BCUT2D eigenvalue weighted by Gasteiger charge is 2.08. The summed E-state index contributed by atoms with van der Waals surface area (Å²) in [7, 11) is 0. The summed E-state index contributed by atoms with van der Waals surface area (Å²) < 4.78 is 5.89. The van der Waals surface area contributed by atoms with Crippen LogP contribution in [-0.2, 0) is 13.2 Å². The molecule has 0 bridgehead atoms. The van der Waals surface area contributed by atoms with Crippen molar-refractivity contribution in [2.24, 2.45) is 0 Å². The normalized spacial score (nSPS) is 10.6. The molecule has 0 fully saturated rings. The van der Waals surface area contributed by atoms with Crippen molar-refractivity contribution in [1.82, 2.24) is 5.32 Å². The third-order valence-electron chi connectivity index (χ3n) is 4.53. The SMILES string of the molecule is Cc1ccc(COc2cccc(CNCCNc3ccc([N+](=O)[O-])cc3Cl)c2)cc1. The van der Waals surface area contributed by atoms with Crippen LogP contribution in [0.2, 0.25) is 5.02 Å². The fourth-order valence-electron chi connectivity index (χ4n) is 2.88. The minimum Gasteiger partial charge on any atom is -0.489 e. The minimum absolute atomic E-state index is 0.0202. The summed E-state index contributed by atoms with van der Waals surface area (Å²) in [6.45, 7) is 4.66. The lowest BCUT2D eigenvalue weighted by atomic mass is 10.2. The quantitative estimate of drug-likeness (QED) is 0.260. The van der Waals surface area contributed by atoms with E-state index in [9.17, 15) is 10.1 Å². The Bertz CT molecular complexity index is 993. The lowest BCUT2D eigenvalue weighted by Gasteiger charge is -2.11. The molecule has 0 radical (unpaired) electrons. The third-order valence-corrected chi connectivity index (χ3v) is 4.85. The average Bonchev–Trinajstić information content (AvgIpc) is 2.74. The molecule has 3 aromatic carbocycles. The van der Waals surface area contributed by atoms with Crippen LogP contribution in [0.25, 0.3) is 0 Å². The molecule has 6 nitrogen and oxygen atoms in total. The van der Waals surface area contributed by atoms with Crippen molar-refractivity contribution in [1.29, 1.82) is 0 Å². The monoisotopic (exact) mass is 425 g/mol. The molecule has 0 saturated carbocycles. The van der Waals surface area contributed by atoms with Crippen LogP contribution < -0.4 is 15.4 Å². The number of ether oxygens (including phenoxy) is 1. The summed E-state index contributed by atoms with van der Waals surface area (Å²) in [6, 6.07) is 20.7. The van der Waals surface area contributed by atoms with E-state index < -0.39 is 4.92 Å². The Labute approximate surface area is 181 Å². The van der Waals surface area contributed by atoms with Gasteiger partial charge < -0.3 is 15.4 Å². The highest BCUT2D eigenvalue weighted by molar-refractivity contribution is 6.33. The van der Waals surface area contributed by atoms with Crippen LogP contribution in [0, 0.1) is 17.0 Å². The number of benzene rings is 3. The van der Waals surface area contributed by atoms with Crippen molar-refractivity contribution in [3.8, 4) is 5.75 Å². The van der Waals surface area contributed by atoms with Crippen molar-refractivity contribution < 1.29 is 9.66 Å². The van der Waals surface area contributed by atoms with Gasteiger partial charge in [0.25, 0.3) is 5.69 Å². The molecule has 0 atom stereocenters. The zero-order chi connectivity index (χ0) is 21.3. The maximum atomic E-state index is 10.8. The van der Waals surface area contributed by atoms with Gasteiger partial charge in [-0.2, -0.15) is 0 Å². The molecule has 0 aliphatic heterocycles. The van der Waals surface area contributed by atoms with Gasteiger partial charge in [-0.25, -0.2) is 0 Å². The third kappa shape index (κ3) is 6.47.